The Morgan fingerprint density at radius 1 is 1.50 bits per heavy atom. The molecule has 1 heterocycles. The fourth-order valence-electron chi connectivity index (χ4n) is 2.07. The molecule has 0 aliphatic carbocycles. The molecule has 94 valence electrons. The number of benzene rings is 1. The van der Waals surface area contributed by atoms with E-state index in [1.807, 2.05) is 0 Å². The van der Waals surface area contributed by atoms with Crippen LogP contribution in [0.15, 0.2) is 30.4 Å². The van der Waals surface area contributed by atoms with E-state index in [0.717, 1.165) is 5.56 Å². The fourth-order valence-corrected chi connectivity index (χ4v) is 2.27. The number of carbonyl (C=O) groups is 2. The van der Waals surface area contributed by atoms with E-state index < -0.39 is 12.0 Å². The predicted molar refractivity (Wildman–Crippen MR) is 68.9 cm³/mol. The van der Waals surface area contributed by atoms with Crippen LogP contribution in [0, 0.1) is 0 Å². The number of amides is 1. The van der Waals surface area contributed by atoms with Crippen LogP contribution in [-0.2, 0) is 16.0 Å². The first-order valence-electron chi connectivity index (χ1n) is 5.42. The van der Waals surface area contributed by atoms with Gasteiger partial charge in [0.1, 0.15) is 6.04 Å². The summed E-state index contributed by atoms with van der Waals surface area (Å²) in [6, 6.07) is 4.12. The van der Waals surface area contributed by atoms with Gasteiger partial charge in [-0.15, -0.1) is 0 Å². The number of rotatable bonds is 2. The second-order valence-electron chi connectivity index (χ2n) is 4.29. The molecule has 0 radical (unpaired) electrons. The minimum atomic E-state index is -1.03. The van der Waals surface area contributed by atoms with E-state index in [9.17, 15) is 14.7 Å². The molecular formula is C13H12ClNO3. The Labute approximate surface area is 109 Å². The normalized spacial score (nSPS) is 17.4. The third kappa shape index (κ3) is 1.99. The van der Waals surface area contributed by atoms with E-state index >= 15 is 0 Å². The van der Waals surface area contributed by atoms with Crippen LogP contribution in [0.4, 0.5) is 5.69 Å². The van der Waals surface area contributed by atoms with E-state index in [1.165, 1.54) is 4.90 Å². The molecule has 0 saturated carbocycles. The molecule has 18 heavy (non-hydrogen) atoms. The molecule has 1 aliphatic rings. The second kappa shape index (κ2) is 4.46. The number of carboxylic acids is 1. The van der Waals surface area contributed by atoms with Gasteiger partial charge in [0.05, 0.1) is 0 Å². The number of anilines is 1. The van der Waals surface area contributed by atoms with Crippen molar-refractivity contribution in [1.82, 2.24) is 0 Å². The number of fused-ring (bicyclic) bond motifs is 1. The Morgan fingerprint density at radius 3 is 2.72 bits per heavy atom. The molecule has 0 spiro atoms. The first-order chi connectivity index (χ1) is 8.41. The van der Waals surface area contributed by atoms with E-state index in [0.29, 0.717) is 16.3 Å². The van der Waals surface area contributed by atoms with Gasteiger partial charge < -0.3 is 5.11 Å². The summed E-state index contributed by atoms with van der Waals surface area (Å²) >= 11 is 5.87. The molecule has 1 aromatic carbocycles. The van der Waals surface area contributed by atoms with Gasteiger partial charge in [-0.25, -0.2) is 4.79 Å². The zero-order valence-corrected chi connectivity index (χ0v) is 10.6. The summed E-state index contributed by atoms with van der Waals surface area (Å²) in [4.78, 5) is 24.5. The van der Waals surface area contributed by atoms with Crippen molar-refractivity contribution in [2.45, 2.75) is 19.4 Å². The number of aliphatic carboxylic acids is 1. The number of carbonyl (C=O) groups excluding carboxylic acids is 1. The van der Waals surface area contributed by atoms with E-state index in [1.54, 1.807) is 25.1 Å². The Morgan fingerprint density at radius 2 is 2.17 bits per heavy atom. The van der Waals surface area contributed by atoms with E-state index in [4.69, 9.17) is 11.6 Å². The maximum atomic E-state index is 12.0. The Bertz CT molecular complexity index is 553. The first kappa shape index (κ1) is 12.6. The number of hydrogen-bond donors (Lipinski definition) is 1. The smallest absolute Gasteiger partial charge is 0.327 e. The molecule has 2 rings (SSSR count). The summed E-state index contributed by atoms with van der Waals surface area (Å²) in [7, 11) is 0. The van der Waals surface area contributed by atoms with Gasteiger partial charge in [0.2, 0.25) is 0 Å². The maximum Gasteiger partial charge on any atom is 0.327 e. The van der Waals surface area contributed by atoms with Crippen LogP contribution in [0.3, 0.4) is 0 Å². The van der Waals surface area contributed by atoms with Crippen LogP contribution in [0.25, 0.3) is 0 Å². The molecule has 1 aromatic rings. The summed E-state index contributed by atoms with van der Waals surface area (Å²) < 4.78 is 0. The minimum Gasteiger partial charge on any atom is -0.480 e. The molecule has 0 fully saturated rings. The van der Waals surface area contributed by atoms with Crippen LogP contribution < -0.4 is 4.90 Å². The van der Waals surface area contributed by atoms with Crippen molar-refractivity contribution in [3.05, 3.63) is 40.9 Å². The zero-order chi connectivity index (χ0) is 13.4. The Kier molecular flexibility index (Phi) is 3.13. The highest BCUT2D eigenvalue weighted by Crippen LogP contribution is 2.35. The molecule has 0 bridgehead atoms. The van der Waals surface area contributed by atoms with Crippen molar-refractivity contribution < 1.29 is 14.7 Å². The second-order valence-corrected chi connectivity index (χ2v) is 4.72. The van der Waals surface area contributed by atoms with Crippen molar-refractivity contribution in [3.63, 3.8) is 0 Å². The summed E-state index contributed by atoms with van der Waals surface area (Å²) in [5, 5.41) is 9.73. The van der Waals surface area contributed by atoms with Crippen LogP contribution in [0.2, 0.25) is 5.02 Å². The van der Waals surface area contributed by atoms with Crippen molar-refractivity contribution in [1.29, 1.82) is 0 Å². The highest BCUT2D eigenvalue weighted by molar-refractivity contribution is 6.30. The summed E-state index contributed by atoms with van der Waals surface area (Å²) in [5.74, 6) is -1.40. The molecular weight excluding hydrogens is 254 g/mol. The van der Waals surface area contributed by atoms with Gasteiger partial charge in [-0.05, 0) is 30.7 Å². The van der Waals surface area contributed by atoms with Crippen LogP contribution in [-0.4, -0.2) is 23.0 Å². The summed E-state index contributed by atoms with van der Waals surface area (Å²) in [6.07, 6.45) is 0.268. The van der Waals surface area contributed by atoms with Gasteiger partial charge in [0.25, 0.3) is 5.91 Å². The van der Waals surface area contributed by atoms with Gasteiger partial charge in [-0.3, -0.25) is 9.69 Å². The number of nitrogens with zero attached hydrogens (tertiary/aromatic N) is 1. The standard InChI is InChI=1S/C13H12ClNO3/c1-7(2)12(16)15-10-4-3-9(14)5-8(10)6-11(15)13(17)18/h3-5,11H,1,6H2,2H3,(H,17,18). The van der Waals surface area contributed by atoms with Crippen molar-refractivity contribution in [2.24, 2.45) is 0 Å². The molecule has 1 unspecified atom stereocenters. The molecule has 0 saturated heterocycles. The highest BCUT2D eigenvalue weighted by atomic mass is 35.5. The topological polar surface area (TPSA) is 57.6 Å². The Balaban J connectivity index is 2.50. The van der Waals surface area contributed by atoms with Gasteiger partial charge in [-0.2, -0.15) is 0 Å². The number of halogens is 1. The number of hydrogen-bond acceptors (Lipinski definition) is 2. The molecule has 1 amide bonds. The SMILES string of the molecule is C=C(C)C(=O)N1c2ccc(Cl)cc2CC1C(=O)O. The van der Waals surface area contributed by atoms with E-state index in [2.05, 4.69) is 6.58 Å². The molecule has 4 nitrogen and oxygen atoms in total. The minimum absolute atomic E-state index is 0.268. The van der Waals surface area contributed by atoms with Gasteiger partial charge in [-0.1, -0.05) is 18.2 Å². The van der Waals surface area contributed by atoms with Crippen LogP contribution in [0.5, 0.6) is 0 Å². The molecule has 5 heteroatoms. The zero-order valence-electron chi connectivity index (χ0n) is 9.81. The van der Waals surface area contributed by atoms with Crippen molar-refractivity contribution >= 4 is 29.2 Å². The van der Waals surface area contributed by atoms with Crippen molar-refractivity contribution in [2.75, 3.05) is 4.90 Å². The molecule has 1 aliphatic heterocycles. The Hall–Kier alpha value is -1.81. The first-order valence-corrected chi connectivity index (χ1v) is 5.80. The van der Waals surface area contributed by atoms with Gasteiger partial charge in [0, 0.05) is 22.7 Å². The third-order valence-corrected chi connectivity index (χ3v) is 3.13. The lowest BCUT2D eigenvalue weighted by atomic mass is 10.1. The molecule has 1 atom stereocenters. The van der Waals surface area contributed by atoms with Gasteiger partial charge >= 0.3 is 5.97 Å². The largest absolute Gasteiger partial charge is 0.480 e. The third-order valence-electron chi connectivity index (χ3n) is 2.89. The average molecular weight is 266 g/mol. The fraction of sp³-hybridized carbons (Fsp3) is 0.231. The number of carboxylic acid groups (broad SMARTS) is 1. The van der Waals surface area contributed by atoms with Crippen LogP contribution >= 0.6 is 11.6 Å². The van der Waals surface area contributed by atoms with Gasteiger partial charge in [0.15, 0.2) is 0 Å². The molecule has 1 N–H and O–H groups in total. The summed E-state index contributed by atoms with van der Waals surface area (Å²) in [5.41, 5.74) is 1.67. The average Bonchev–Trinajstić information content (AvgIpc) is 2.66. The van der Waals surface area contributed by atoms with Crippen LogP contribution in [0.1, 0.15) is 12.5 Å². The van der Waals surface area contributed by atoms with E-state index in [-0.39, 0.29) is 12.3 Å². The highest BCUT2D eigenvalue weighted by Gasteiger charge is 2.38. The van der Waals surface area contributed by atoms with Crippen molar-refractivity contribution in [3.8, 4) is 0 Å². The lowest BCUT2D eigenvalue weighted by Crippen LogP contribution is -2.43. The maximum absolute atomic E-state index is 12.0. The lowest BCUT2D eigenvalue weighted by Gasteiger charge is -2.22. The monoisotopic (exact) mass is 265 g/mol. The predicted octanol–water partition coefficient (Wildman–Crippen LogP) is 2.26. The summed E-state index contributed by atoms with van der Waals surface area (Å²) in [6.45, 7) is 5.14. The quantitative estimate of drug-likeness (QED) is 0.835. The molecule has 0 aromatic heterocycles. The lowest BCUT2D eigenvalue weighted by molar-refractivity contribution is -0.139.